The van der Waals surface area contributed by atoms with Crippen LogP contribution >= 0.6 is 23.1 Å². The average Bonchev–Trinajstić information content (AvgIpc) is 3.19. The number of para-hydroxylation sites is 1. The number of benzene rings is 2. The Morgan fingerprint density at radius 3 is 2.70 bits per heavy atom. The Balaban J connectivity index is 1.70. The van der Waals surface area contributed by atoms with E-state index in [1.54, 1.807) is 30.3 Å². The van der Waals surface area contributed by atoms with Gasteiger partial charge in [0.25, 0.3) is 0 Å². The van der Waals surface area contributed by atoms with E-state index >= 15 is 0 Å². The van der Waals surface area contributed by atoms with E-state index in [0.29, 0.717) is 26.9 Å². The van der Waals surface area contributed by atoms with Gasteiger partial charge in [-0.2, -0.15) is 0 Å². The van der Waals surface area contributed by atoms with Gasteiger partial charge in [-0.15, -0.1) is 11.8 Å². The Hall–Kier alpha value is -2.84. The quantitative estimate of drug-likeness (QED) is 0.596. The number of fused-ring (bicyclic) bond motifs is 1. The summed E-state index contributed by atoms with van der Waals surface area (Å²) in [4.78, 5) is 43.7. The van der Waals surface area contributed by atoms with Gasteiger partial charge in [-0.3, -0.25) is 14.4 Å². The van der Waals surface area contributed by atoms with E-state index in [1.807, 2.05) is 25.1 Å². The van der Waals surface area contributed by atoms with E-state index in [4.69, 9.17) is 0 Å². The van der Waals surface area contributed by atoms with Gasteiger partial charge >= 0.3 is 4.87 Å². The number of carbonyl (C=O) groups excluding carboxylic acids is 2. The molecule has 30 heavy (non-hydrogen) atoms. The first kappa shape index (κ1) is 19.1. The molecule has 2 aliphatic rings. The number of rotatable bonds is 2. The molecule has 0 saturated carbocycles. The average molecular weight is 439 g/mol. The lowest BCUT2D eigenvalue weighted by Crippen LogP contribution is -2.43. The summed E-state index contributed by atoms with van der Waals surface area (Å²) in [5.41, 5.74) is 0.996. The van der Waals surface area contributed by atoms with E-state index in [-0.39, 0.29) is 28.9 Å². The smallest absolute Gasteiger partial charge is 0.305 e. The van der Waals surface area contributed by atoms with Crippen molar-refractivity contribution in [3.8, 4) is 5.75 Å². The number of aromatic hydroxyl groups is 1. The minimum absolute atomic E-state index is 0.0251. The van der Waals surface area contributed by atoms with Gasteiger partial charge in [-0.1, -0.05) is 41.7 Å². The number of nitrogens with zero attached hydrogens (tertiary/aromatic N) is 1. The van der Waals surface area contributed by atoms with Gasteiger partial charge in [-0.05, 0) is 30.7 Å². The first-order chi connectivity index (χ1) is 14.4. The summed E-state index contributed by atoms with van der Waals surface area (Å²) < 4.78 is 0. The van der Waals surface area contributed by atoms with Crippen LogP contribution in [0, 0.1) is 12.3 Å². The highest BCUT2D eigenvalue weighted by Crippen LogP contribution is 2.58. The molecule has 2 aromatic carbocycles. The van der Waals surface area contributed by atoms with E-state index in [0.717, 1.165) is 16.9 Å². The Labute approximate surface area is 180 Å². The fourth-order valence-corrected chi connectivity index (χ4v) is 7.01. The molecule has 2 amide bonds. The molecule has 152 valence electrons. The molecule has 1 spiro atoms. The minimum Gasteiger partial charge on any atom is -0.508 e. The lowest BCUT2D eigenvalue weighted by molar-refractivity contribution is -0.125. The van der Waals surface area contributed by atoms with Crippen LogP contribution in [0.4, 0.5) is 5.69 Å². The third-order valence-electron chi connectivity index (χ3n) is 5.78. The van der Waals surface area contributed by atoms with E-state index < -0.39 is 11.3 Å². The second kappa shape index (κ2) is 6.85. The van der Waals surface area contributed by atoms with Crippen LogP contribution in [-0.4, -0.2) is 27.7 Å². The van der Waals surface area contributed by atoms with Crippen molar-refractivity contribution in [2.24, 2.45) is 5.41 Å². The molecular formula is C22H18N2O4S2. The molecular weight excluding hydrogens is 420 g/mol. The monoisotopic (exact) mass is 438 g/mol. The van der Waals surface area contributed by atoms with Gasteiger partial charge in [0.1, 0.15) is 5.75 Å². The number of anilines is 1. The number of thioether (sulfide) groups is 1. The molecule has 3 heterocycles. The van der Waals surface area contributed by atoms with Gasteiger partial charge < -0.3 is 10.1 Å². The molecule has 1 fully saturated rings. The number of imide groups is 1. The number of aromatic nitrogens is 1. The van der Waals surface area contributed by atoms with Gasteiger partial charge in [0.15, 0.2) is 0 Å². The molecule has 1 aromatic heterocycles. The van der Waals surface area contributed by atoms with Crippen LogP contribution < -0.4 is 9.77 Å². The van der Waals surface area contributed by atoms with Crippen molar-refractivity contribution in [1.82, 2.24) is 4.98 Å². The fourth-order valence-electron chi connectivity index (χ4n) is 4.46. The largest absolute Gasteiger partial charge is 0.508 e. The molecule has 2 N–H and O–H groups in total. The first-order valence-electron chi connectivity index (χ1n) is 9.48. The van der Waals surface area contributed by atoms with Crippen LogP contribution in [0.15, 0.2) is 58.4 Å². The van der Waals surface area contributed by atoms with Crippen LogP contribution in [-0.2, 0) is 9.59 Å². The van der Waals surface area contributed by atoms with Crippen molar-refractivity contribution < 1.29 is 14.7 Å². The number of hydrogen-bond acceptors (Lipinski definition) is 6. The lowest BCUT2D eigenvalue weighted by Gasteiger charge is -2.38. The highest BCUT2D eigenvalue weighted by Gasteiger charge is 2.60. The zero-order valence-corrected chi connectivity index (χ0v) is 17.7. The minimum atomic E-state index is -1.07. The molecule has 0 unspecified atom stereocenters. The Kier molecular flexibility index (Phi) is 4.37. The zero-order valence-electron chi connectivity index (χ0n) is 16.0. The molecule has 0 bridgehead atoms. The van der Waals surface area contributed by atoms with Crippen LogP contribution in [0.2, 0.25) is 0 Å². The maximum Gasteiger partial charge on any atom is 0.305 e. The van der Waals surface area contributed by atoms with Crippen molar-refractivity contribution in [2.75, 3.05) is 10.7 Å². The van der Waals surface area contributed by atoms with Crippen LogP contribution in [0.25, 0.3) is 0 Å². The van der Waals surface area contributed by atoms with Crippen LogP contribution in [0.1, 0.15) is 28.3 Å². The highest BCUT2D eigenvalue weighted by atomic mass is 32.2. The summed E-state index contributed by atoms with van der Waals surface area (Å²) in [6, 6.07) is 14.1. The van der Waals surface area contributed by atoms with Crippen molar-refractivity contribution in [1.29, 1.82) is 0 Å². The molecule has 2 atom stereocenters. The van der Waals surface area contributed by atoms with Crippen molar-refractivity contribution in [2.45, 2.75) is 24.3 Å². The van der Waals surface area contributed by atoms with Crippen molar-refractivity contribution in [3.05, 3.63) is 74.2 Å². The van der Waals surface area contributed by atoms with Crippen molar-refractivity contribution in [3.63, 3.8) is 0 Å². The predicted octanol–water partition coefficient (Wildman–Crippen LogP) is 3.64. The summed E-state index contributed by atoms with van der Waals surface area (Å²) >= 11 is 2.43. The summed E-state index contributed by atoms with van der Waals surface area (Å²) in [6.45, 7) is 1.91. The maximum absolute atomic E-state index is 13.8. The number of aryl methyl sites for hydroxylation is 1. The normalized spacial score (nSPS) is 23.2. The lowest BCUT2D eigenvalue weighted by atomic mass is 9.70. The zero-order chi connectivity index (χ0) is 21.0. The fraction of sp³-hybridized carbons (Fsp3) is 0.227. The molecule has 0 aliphatic carbocycles. The second-order valence-electron chi connectivity index (χ2n) is 7.69. The number of phenolic OH excluding ortho intramolecular Hbond substituents is 1. The maximum atomic E-state index is 13.8. The number of amides is 2. The van der Waals surface area contributed by atoms with Crippen LogP contribution in [0.5, 0.6) is 5.75 Å². The molecule has 5 rings (SSSR count). The third kappa shape index (κ3) is 2.74. The Morgan fingerprint density at radius 1 is 1.13 bits per heavy atom. The molecule has 2 aliphatic heterocycles. The number of carbonyl (C=O) groups is 2. The number of thiazole rings is 1. The summed E-state index contributed by atoms with van der Waals surface area (Å²) in [6.07, 6.45) is 0.0251. The van der Waals surface area contributed by atoms with Crippen molar-refractivity contribution >= 4 is 40.6 Å². The van der Waals surface area contributed by atoms with E-state index in [2.05, 4.69) is 4.98 Å². The molecule has 1 saturated heterocycles. The molecule has 8 heteroatoms. The van der Waals surface area contributed by atoms with Crippen LogP contribution in [0.3, 0.4) is 0 Å². The second-order valence-corrected chi connectivity index (χ2v) is 9.69. The summed E-state index contributed by atoms with van der Waals surface area (Å²) in [5.74, 6) is -0.734. The number of nitrogens with one attached hydrogen (secondary N) is 1. The molecule has 6 nitrogen and oxygen atoms in total. The van der Waals surface area contributed by atoms with E-state index in [1.165, 1.54) is 16.7 Å². The topological polar surface area (TPSA) is 90.5 Å². The predicted molar refractivity (Wildman–Crippen MR) is 116 cm³/mol. The standard InChI is InChI=1S/C22H18N2O4S2/c1-12-5-4-6-13(9-12)24-16(26)10-22(20(24)27)11-29-19-18(30-21(28)23-19)17(22)14-7-2-3-8-15(14)25/h2-9,17,25H,10-11H2,1H3,(H,23,28)/t17-,22-/m1/s1. The Bertz CT molecular complexity index is 1250. The van der Waals surface area contributed by atoms with Gasteiger partial charge in [0.05, 0.1) is 16.1 Å². The van der Waals surface area contributed by atoms with Gasteiger partial charge in [0, 0.05) is 28.5 Å². The SMILES string of the molecule is Cc1cccc(N2C(=O)C[C@]3(CSc4[nH]c(=O)sc4[C@H]3c3ccccc3O)C2=O)c1. The third-order valence-corrected chi connectivity index (χ3v) is 8.13. The van der Waals surface area contributed by atoms with Gasteiger partial charge in [-0.25, -0.2) is 4.90 Å². The number of hydrogen-bond donors (Lipinski definition) is 2. The summed E-state index contributed by atoms with van der Waals surface area (Å²) in [5, 5.41) is 11.3. The first-order valence-corrected chi connectivity index (χ1v) is 11.3. The summed E-state index contributed by atoms with van der Waals surface area (Å²) in [7, 11) is 0. The molecule has 0 radical (unpaired) electrons. The van der Waals surface area contributed by atoms with E-state index in [9.17, 15) is 19.5 Å². The number of H-pyrrole nitrogens is 1. The number of aromatic amines is 1. The Morgan fingerprint density at radius 2 is 1.93 bits per heavy atom. The number of phenols is 1. The van der Waals surface area contributed by atoms with Gasteiger partial charge in [0.2, 0.25) is 11.8 Å². The highest BCUT2D eigenvalue weighted by molar-refractivity contribution is 7.99. The molecule has 3 aromatic rings.